The molecule has 7 heteroatoms. The van der Waals surface area contributed by atoms with Crippen LogP contribution in [0.15, 0.2) is 71.3 Å². The average Bonchev–Trinajstić information content (AvgIpc) is 3.18. The number of carbonyl (C=O) groups is 1. The normalized spacial score (nSPS) is 28.5. The molecule has 0 bridgehead atoms. The van der Waals surface area contributed by atoms with Crippen molar-refractivity contribution in [2.45, 2.75) is 23.5 Å². The number of rotatable bonds is 3. The lowest BCUT2D eigenvalue weighted by atomic mass is 9.71. The number of nitrogens with zero attached hydrogens (tertiary/aromatic N) is 1. The van der Waals surface area contributed by atoms with Gasteiger partial charge in [-0.1, -0.05) is 70.0 Å². The Bertz CT molecular complexity index is 1160. The molecule has 2 aliphatic rings. The van der Waals surface area contributed by atoms with E-state index in [9.17, 15) is 9.90 Å². The third-order valence-electron chi connectivity index (χ3n) is 6.36. The number of carbonyl (C=O) groups excluding carboxylic acids is 1. The predicted octanol–water partition coefficient (Wildman–Crippen LogP) is 4.32. The van der Waals surface area contributed by atoms with Gasteiger partial charge in [0.05, 0.1) is 23.7 Å². The molecule has 0 N–H and O–H groups in total. The first-order valence-corrected chi connectivity index (χ1v) is 11.0. The first-order chi connectivity index (χ1) is 14.9. The minimum absolute atomic E-state index is 0.00305. The fourth-order valence-corrected chi connectivity index (χ4v) is 5.59. The van der Waals surface area contributed by atoms with Crippen molar-refractivity contribution in [1.82, 2.24) is 4.98 Å². The van der Waals surface area contributed by atoms with Gasteiger partial charge in [0.2, 0.25) is 0 Å². The number of aromatic nitrogens is 1. The van der Waals surface area contributed by atoms with Crippen LogP contribution in [0.25, 0.3) is 0 Å². The average molecular weight is 500 g/mol. The van der Waals surface area contributed by atoms with E-state index < -0.39 is 29.0 Å². The van der Waals surface area contributed by atoms with Crippen LogP contribution in [0.1, 0.15) is 29.2 Å². The molecule has 1 saturated carbocycles. The number of hydrogen-bond acceptors (Lipinski definition) is 5. The van der Waals surface area contributed by atoms with E-state index in [0.717, 1.165) is 10.0 Å². The molecule has 1 aromatic heterocycles. The lowest BCUT2D eigenvalue weighted by molar-refractivity contribution is -0.513. The number of methoxy groups -OCH3 is 1. The van der Waals surface area contributed by atoms with Crippen LogP contribution >= 0.6 is 27.5 Å². The maximum Gasteiger partial charge on any atom is 0.309 e. The molecule has 1 aliphatic heterocycles. The maximum absolute atomic E-state index is 14.8. The zero-order valence-corrected chi connectivity index (χ0v) is 18.9. The van der Waals surface area contributed by atoms with Crippen LogP contribution in [0, 0.1) is 5.92 Å². The van der Waals surface area contributed by atoms with Gasteiger partial charge in [-0.3, -0.25) is 9.78 Å². The summed E-state index contributed by atoms with van der Waals surface area (Å²) in [7, 11) is 1.34. The Hall–Kier alpha value is -2.41. The summed E-state index contributed by atoms with van der Waals surface area (Å²) in [4.78, 5) is 17.3. The van der Waals surface area contributed by atoms with Gasteiger partial charge in [-0.25, -0.2) is 0 Å². The molecule has 5 nitrogen and oxygen atoms in total. The molecule has 1 unspecified atom stereocenters. The van der Waals surface area contributed by atoms with Crippen LogP contribution in [0.3, 0.4) is 0 Å². The summed E-state index contributed by atoms with van der Waals surface area (Å²) in [6.45, 7) is 0. The second kappa shape index (κ2) is 7.33. The van der Waals surface area contributed by atoms with Gasteiger partial charge in [0.15, 0.2) is 0 Å². The summed E-state index contributed by atoms with van der Waals surface area (Å²) < 4.78 is 12.5. The lowest BCUT2D eigenvalue weighted by Gasteiger charge is -2.47. The Morgan fingerprint density at radius 1 is 1.23 bits per heavy atom. The summed E-state index contributed by atoms with van der Waals surface area (Å²) in [6, 6.07) is 18.6. The number of fused-ring (bicyclic) bond motifs is 3. The molecular weight excluding hydrogens is 482 g/mol. The van der Waals surface area contributed by atoms with Crippen molar-refractivity contribution in [3.05, 3.63) is 93.2 Å². The Morgan fingerprint density at radius 3 is 2.61 bits per heavy atom. The summed E-state index contributed by atoms with van der Waals surface area (Å²) in [5, 5.41) is 15.2. The number of benzene rings is 2. The molecule has 158 valence electrons. The molecule has 0 spiro atoms. The second-order valence-electron chi connectivity index (χ2n) is 7.89. The smallest absolute Gasteiger partial charge is 0.309 e. The van der Waals surface area contributed by atoms with Crippen LogP contribution in [0.5, 0.6) is 5.75 Å². The molecule has 1 fully saturated rings. The van der Waals surface area contributed by atoms with Crippen LogP contribution in [-0.2, 0) is 20.7 Å². The molecular formula is C24H18BrClNO4-. The van der Waals surface area contributed by atoms with Crippen molar-refractivity contribution in [2.75, 3.05) is 7.11 Å². The number of ether oxygens (including phenoxy) is 2. The van der Waals surface area contributed by atoms with Crippen molar-refractivity contribution in [3.8, 4) is 5.75 Å². The van der Waals surface area contributed by atoms with Gasteiger partial charge >= 0.3 is 5.97 Å². The third-order valence-corrected chi connectivity index (χ3v) is 7.09. The van der Waals surface area contributed by atoms with Gasteiger partial charge in [0, 0.05) is 22.7 Å². The highest BCUT2D eigenvalue weighted by Crippen LogP contribution is 2.67. The first kappa shape index (κ1) is 20.5. The van der Waals surface area contributed by atoms with Crippen molar-refractivity contribution < 1.29 is 19.4 Å². The Morgan fingerprint density at radius 2 is 1.94 bits per heavy atom. The van der Waals surface area contributed by atoms with Crippen LogP contribution < -0.4 is 9.84 Å². The fraction of sp³-hybridized carbons (Fsp3) is 0.250. The van der Waals surface area contributed by atoms with E-state index in [1.165, 1.54) is 13.3 Å². The minimum atomic E-state index is -1.81. The summed E-state index contributed by atoms with van der Waals surface area (Å²) in [6.07, 6.45) is 1.45. The molecule has 0 amide bonds. The van der Waals surface area contributed by atoms with Crippen molar-refractivity contribution in [3.63, 3.8) is 0 Å². The van der Waals surface area contributed by atoms with Gasteiger partial charge in [0.25, 0.3) is 0 Å². The molecule has 5 rings (SSSR count). The van der Waals surface area contributed by atoms with Crippen molar-refractivity contribution in [1.29, 1.82) is 0 Å². The van der Waals surface area contributed by atoms with Gasteiger partial charge < -0.3 is 14.6 Å². The van der Waals surface area contributed by atoms with E-state index in [4.69, 9.17) is 21.1 Å². The largest absolute Gasteiger partial charge is 0.842 e. The van der Waals surface area contributed by atoms with Gasteiger partial charge in [-0.2, -0.15) is 0 Å². The van der Waals surface area contributed by atoms with Crippen LogP contribution in [-0.4, -0.2) is 18.1 Å². The van der Waals surface area contributed by atoms with E-state index in [1.54, 1.807) is 6.07 Å². The second-order valence-corrected chi connectivity index (χ2v) is 9.25. The Labute approximate surface area is 193 Å². The number of esters is 1. The molecule has 0 saturated heterocycles. The topological polar surface area (TPSA) is 71.5 Å². The molecule has 2 heterocycles. The van der Waals surface area contributed by atoms with E-state index in [2.05, 4.69) is 20.9 Å². The summed E-state index contributed by atoms with van der Waals surface area (Å²) >= 11 is 9.63. The quantitative estimate of drug-likeness (QED) is 0.502. The minimum Gasteiger partial charge on any atom is -0.842 e. The maximum atomic E-state index is 14.8. The zero-order chi connectivity index (χ0) is 21.8. The highest BCUT2D eigenvalue weighted by atomic mass is 79.9. The van der Waals surface area contributed by atoms with Gasteiger partial charge in [-0.05, 0) is 35.3 Å². The van der Waals surface area contributed by atoms with E-state index in [-0.39, 0.29) is 12.1 Å². The summed E-state index contributed by atoms with van der Waals surface area (Å²) in [5.74, 6) is -1.35. The zero-order valence-electron chi connectivity index (χ0n) is 16.5. The third kappa shape index (κ3) is 2.85. The van der Waals surface area contributed by atoms with E-state index in [1.807, 2.05) is 54.6 Å². The van der Waals surface area contributed by atoms with Gasteiger partial charge in [0.1, 0.15) is 11.4 Å². The Balaban J connectivity index is 1.82. The number of pyridine rings is 1. The first-order valence-electron chi connectivity index (χ1n) is 9.85. The SMILES string of the molecule is COC(=O)[C@H]1CC2([O-])c3ncc(Cl)cc3O[C@@]2(c2ccc(Br)cc2)[C@@H]1c1ccccc1. The van der Waals surface area contributed by atoms with Crippen molar-refractivity contribution in [2.24, 2.45) is 5.92 Å². The molecule has 4 atom stereocenters. The predicted molar refractivity (Wildman–Crippen MR) is 117 cm³/mol. The highest BCUT2D eigenvalue weighted by Gasteiger charge is 2.68. The molecule has 1 aliphatic carbocycles. The van der Waals surface area contributed by atoms with Crippen LogP contribution in [0.2, 0.25) is 5.02 Å². The molecule has 2 aromatic carbocycles. The van der Waals surface area contributed by atoms with Crippen LogP contribution in [0.4, 0.5) is 0 Å². The number of hydrogen-bond donors (Lipinski definition) is 0. The van der Waals surface area contributed by atoms with E-state index >= 15 is 0 Å². The van der Waals surface area contributed by atoms with Gasteiger partial charge in [-0.15, -0.1) is 0 Å². The standard InChI is InChI=1S/C24H18BrClNO4/c1-30-22(28)18-12-23(29)21-19(11-17(26)13-27-21)31-24(23,15-7-9-16(25)10-8-15)20(18)14-5-3-2-4-6-14/h2-11,13,18,20H,12H2,1H3/q-1/t18-,20+,23?,24-/m0/s1. The van der Waals surface area contributed by atoms with Crippen molar-refractivity contribution >= 4 is 33.5 Å². The fourth-order valence-electron chi connectivity index (χ4n) is 5.17. The monoisotopic (exact) mass is 498 g/mol. The molecule has 0 radical (unpaired) electrons. The van der Waals surface area contributed by atoms with E-state index in [0.29, 0.717) is 16.3 Å². The molecule has 3 aromatic rings. The number of halogens is 2. The Kier molecular flexibility index (Phi) is 4.84. The summed E-state index contributed by atoms with van der Waals surface area (Å²) in [5.41, 5.74) is -1.42. The lowest BCUT2D eigenvalue weighted by Crippen LogP contribution is -2.56. The molecule has 31 heavy (non-hydrogen) atoms. The highest BCUT2D eigenvalue weighted by molar-refractivity contribution is 9.10.